The SMILES string of the molecule is Cc1ncc(-c2cc(O)c(-c3ccc(N4CCC(/C=N/C5CC(F)C5)C4)nn3)cc2F)s1. The average Bonchev–Trinajstić information content (AvgIpc) is 3.41. The van der Waals surface area contributed by atoms with E-state index in [1.54, 1.807) is 12.3 Å². The van der Waals surface area contributed by atoms with Crippen LogP contribution in [-0.4, -0.2) is 51.8 Å². The molecule has 5 rings (SSSR count). The monoisotopic (exact) mass is 455 g/mol. The first-order valence-corrected chi connectivity index (χ1v) is 11.5. The number of aromatic nitrogens is 3. The Hall–Kier alpha value is -2.94. The number of phenolic OH excluding ortho intramolecular Hbond substituents is 1. The van der Waals surface area contributed by atoms with Gasteiger partial charge in [-0.05, 0) is 37.6 Å². The molecule has 0 spiro atoms. The molecule has 166 valence electrons. The number of rotatable bonds is 5. The summed E-state index contributed by atoms with van der Waals surface area (Å²) in [5.41, 5.74) is 1.01. The summed E-state index contributed by atoms with van der Waals surface area (Å²) in [5, 5.41) is 19.9. The van der Waals surface area contributed by atoms with Crippen LogP contribution in [0.15, 0.2) is 35.5 Å². The number of benzene rings is 1. The Morgan fingerprint density at radius 2 is 2.06 bits per heavy atom. The Bertz CT molecular complexity index is 1140. The summed E-state index contributed by atoms with van der Waals surface area (Å²) in [6.45, 7) is 3.47. The van der Waals surface area contributed by atoms with Gasteiger partial charge in [0.25, 0.3) is 0 Å². The van der Waals surface area contributed by atoms with E-state index in [0.717, 1.165) is 30.3 Å². The van der Waals surface area contributed by atoms with Crippen LogP contribution in [0.5, 0.6) is 5.75 Å². The number of nitrogens with zero attached hydrogens (tertiary/aromatic N) is 5. The van der Waals surface area contributed by atoms with Crippen LogP contribution in [0.1, 0.15) is 24.3 Å². The zero-order valence-electron chi connectivity index (χ0n) is 17.6. The topological polar surface area (TPSA) is 74.5 Å². The highest BCUT2D eigenvalue weighted by Crippen LogP contribution is 2.37. The second-order valence-corrected chi connectivity index (χ2v) is 9.62. The van der Waals surface area contributed by atoms with Crippen molar-refractivity contribution in [3.05, 3.63) is 41.3 Å². The second kappa shape index (κ2) is 8.54. The number of aromatic hydroxyl groups is 1. The highest BCUT2D eigenvalue weighted by atomic mass is 32.1. The summed E-state index contributed by atoms with van der Waals surface area (Å²) in [6, 6.07) is 6.40. The predicted octanol–water partition coefficient (Wildman–Crippen LogP) is 4.82. The third-order valence-corrected chi connectivity index (χ3v) is 6.96. The van der Waals surface area contributed by atoms with Crippen LogP contribution in [0, 0.1) is 18.7 Å². The van der Waals surface area contributed by atoms with Gasteiger partial charge in [-0.15, -0.1) is 21.5 Å². The first kappa shape index (κ1) is 20.9. The number of hydrogen-bond donors (Lipinski definition) is 1. The van der Waals surface area contributed by atoms with E-state index in [9.17, 15) is 13.9 Å². The van der Waals surface area contributed by atoms with Gasteiger partial charge < -0.3 is 10.0 Å². The van der Waals surface area contributed by atoms with E-state index < -0.39 is 12.0 Å². The van der Waals surface area contributed by atoms with E-state index in [1.807, 2.05) is 19.2 Å². The fraction of sp³-hybridized carbons (Fsp3) is 0.391. The lowest BCUT2D eigenvalue weighted by atomic mass is 9.91. The molecule has 0 amide bonds. The fourth-order valence-electron chi connectivity index (χ4n) is 4.08. The number of halogens is 2. The van der Waals surface area contributed by atoms with E-state index in [-0.39, 0.29) is 11.8 Å². The van der Waals surface area contributed by atoms with E-state index in [2.05, 4.69) is 25.1 Å². The van der Waals surface area contributed by atoms with Gasteiger partial charge in [0.05, 0.1) is 21.6 Å². The maximum atomic E-state index is 14.7. The quantitative estimate of drug-likeness (QED) is 0.559. The average molecular weight is 456 g/mol. The molecule has 1 saturated carbocycles. The first-order valence-electron chi connectivity index (χ1n) is 10.7. The lowest BCUT2D eigenvalue weighted by molar-refractivity contribution is 0.183. The Kier molecular flexibility index (Phi) is 5.58. The van der Waals surface area contributed by atoms with Gasteiger partial charge in [0, 0.05) is 55.4 Å². The van der Waals surface area contributed by atoms with Crippen molar-refractivity contribution in [1.82, 2.24) is 15.2 Å². The van der Waals surface area contributed by atoms with Crippen molar-refractivity contribution in [1.29, 1.82) is 0 Å². The molecule has 1 unspecified atom stereocenters. The highest BCUT2D eigenvalue weighted by Gasteiger charge is 2.29. The molecule has 3 aromatic rings. The number of hydrogen-bond acceptors (Lipinski definition) is 7. The van der Waals surface area contributed by atoms with Crippen LogP contribution in [0.3, 0.4) is 0 Å². The molecule has 1 aliphatic carbocycles. The molecule has 0 radical (unpaired) electrons. The number of aryl methyl sites for hydroxylation is 1. The Labute approximate surface area is 188 Å². The van der Waals surface area contributed by atoms with Crippen LogP contribution >= 0.6 is 11.3 Å². The standard InChI is InChI=1S/C23H23F2N5OS/c1-13-26-11-22(32-13)17-9-21(31)18(8-19(17)25)20-2-3-23(29-28-20)30-5-4-14(12-30)10-27-16-6-15(24)7-16/h2-3,8-11,14-16,31H,4-7,12H2,1H3/b27-10+. The molecule has 2 aliphatic rings. The molecule has 1 atom stereocenters. The molecule has 1 N–H and O–H groups in total. The first-order chi connectivity index (χ1) is 15.5. The molecule has 2 fully saturated rings. The number of phenols is 1. The summed E-state index contributed by atoms with van der Waals surface area (Å²) in [7, 11) is 0. The van der Waals surface area contributed by atoms with Crippen molar-refractivity contribution < 1.29 is 13.9 Å². The van der Waals surface area contributed by atoms with Gasteiger partial charge in [-0.25, -0.2) is 13.8 Å². The van der Waals surface area contributed by atoms with Crippen LogP contribution < -0.4 is 4.90 Å². The van der Waals surface area contributed by atoms with Gasteiger partial charge in [-0.1, -0.05) is 0 Å². The zero-order chi connectivity index (χ0) is 22.2. The van der Waals surface area contributed by atoms with Crippen LogP contribution in [-0.2, 0) is 0 Å². The molecule has 9 heteroatoms. The van der Waals surface area contributed by atoms with Crippen LogP contribution in [0.2, 0.25) is 0 Å². The maximum absolute atomic E-state index is 14.7. The molecule has 1 aliphatic heterocycles. The van der Waals surface area contributed by atoms with Gasteiger partial charge in [0.15, 0.2) is 5.82 Å². The minimum Gasteiger partial charge on any atom is -0.507 e. The third-order valence-electron chi connectivity index (χ3n) is 6.01. The summed E-state index contributed by atoms with van der Waals surface area (Å²) >= 11 is 1.37. The van der Waals surface area contributed by atoms with Crippen molar-refractivity contribution in [2.75, 3.05) is 18.0 Å². The Morgan fingerprint density at radius 1 is 1.22 bits per heavy atom. The van der Waals surface area contributed by atoms with Gasteiger partial charge in [-0.3, -0.25) is 4.99 Å². The largest absolute Gasteiger partial charge is 0.507 e. The number of anilines is 1. The lowest BCUT2D eigenvalue weighted by Gasteiger charge is -2.26. The van der Waals surface area contributed by atoms with Crippen LogP contribution in [0.4, 0.5) is 14.6 Å². The predicted molar refractivity (Wildman–Crippen MR) is 122 cm³/mol. The molecule has 1 saturated heterocycles. The second-order valence-electron chi connectivity index (χ2n) is 8.38. The van der Waals surface area contributed by atoms with Crippen molar-refractivity contribution in [2.45, 2.75) is 38.4 Å². The third kappa shape index (κ3) is 4.21. The molecule has 0 bridgehead atoms. The van der Waals surface area contributed by atoms with E-state index in [0.29, 0.717) is 40.5 Å². The number of aliphatic imine (C=N–C) groups is 1. The molecule has 3 heterocycles. The summed E-state index contributed by atoms with van der Waals surface area (Å²) in [4.78, 5) is 11.4. The van der Waals surface area contributed by atoms with E-state index in [4.69, 9.17) is 0 Å². The van der Waals surface area contributed by atoms with Crippen molar-refractivity contribution in [3.8, 4) is 27.4 Å². The Morgan fingerprint density at radius 3 is 2.75 bits per heavy atom. The molecule has 1 aromatic carbocycles. The van der Waals surface area contributed by atoms with Crippen LogP contribution in [0.25, 0.3) is 21.7 Å². The Balaban J connectivity index is 1.28. The van der Waals surface area contributed by atoms with Gasteiger partial charge >= 0.3 is 0 Å². The van der Waals surface area contributed by atoms with E-state index in [1.165, 1.54) is 23.5 Å². The number of alkyl halides is 1. The zero-order valence-corrected chi connectivity index (χ0v) is 18.4. The number of thiazole rings is 1. The van der Waals surface area contributed by atoms with E-state index >= 15 is 0 Å². The summed E-state index contributed by atoms with van der Waals surface area (Å²) in [6.07, 6.45) is 4.92. The molecule has 6 nitrogen and oxygen atoms in total. The van der Waals surface area contributed by atoms with Crippen molar-refractivity contribution in [3.63, 3.8) is 0 Å². The smallest absolute Gasteiger partial charge is 0.151 e. The molecular formula is C23H23F2N5OS. The van der Waals surface area contributed by atoms with Crippen molar-refractivity contribution >= 4 is 23.4 Å². The van der Waals surface area contributed by atoms with Crippen molar-refractivity contribution in [2.24, 2.45) is 10.9 Å². The lowest BCUT2D eigenvalue weighted by Crippen LogP contribution is -2.29. The van der Waals surface area contributed by atoms with Gasteiger partial charge in [0.2, 0.25) is 0 Å². The van der Waals surface area contributed by atoms with Gasteiger partial charge in [-0.2, -0.15) is 0 Å². The molecule has 32 heavy (non-hydrogen) atoms. The fourth-order valence-corrected chi connectivity index (χ4v) is 4.88. The minimum atomic E-state index is -0.688. The highest BCUT2D eigenvalue weighted by molar-refractivity contribution is 7.15. The maximum Gasteiger partial charge on any atom is 0.151 e. The summed E-state index contributed by atoms with van der Waals surface area (Å²) < 4.78 is 27.7. The molecular weight excluding hydrogens is 432 g/mol. The van der Waals surface area contributed by atoms with Gasteiger partial charge in [0.1, 0.15) is 17.7 Å². The molecule has 2 aromatic heterocycles. The normalized spacial score (nSPS) is 23.1. The minimum absolute atomic E-state index is 0.0570. The summed E-state index contributed by atoms with van der Waals surface area (Å²) in [5.74, 6) is 0.544.